The van der Waals surface area contributed by atoms with Crippen molar-refractivity contribution in [2.24, 2.45) is 21.8 Å². The molecule has 6 aromatic rings. The lowest BCUT2D eigenvalue weighted by atomic mass is 9.99. The van der Waals surface area contributed by atoms with Crippen LogP contribution < -0.4 is 5.32 Å². The van der Waals surface area contributed by atoms with E-state index in [9.17, 15) is 13.2 Å². The van der Waals surface area contributed by atoms with E-state index < -0.39 is 12.6 Å². The Morgan fingerprint density at radius 1 is 0.643 bits per heavy atom. The fourth-order valence-electron chi connectivity index (χ4n) is 7.04. The van der Waals surface area contributed by atoms with Crippen molar-refractivity contribution >= 4 is 87.5 Å². The van der Waals surface area contributed by atoms with Gasteiger partial charge in [-0.05, 0) is 108 Å². The summed E-state index contributed by atoms with van der Waals surface area (Å²) in [6, 6.07) is 16.9. The molecule has 4 aromatic heterocycles. The minimum Gasteiger partial charge on any atom is -0.367 e. The van der Waals surface area contributed by atoms with Gasteiger partial charge in [0.25, 0.3) is 0 Å². The molecule has 2 aromatic carbocycles. The van der Waals surface area contributed by atoms with Crippen LogP contribution in [0.15, 0.2) is 110 Å². The van der Waals surface area contributed by atoms with E-state index in [0.29, 0.717) is 22.0 Å². The van der Waals surface area contributed by atoms with E-state index in [1.807, 2.05) is 45.7 Å². The minimum absolute atomic E-state index is 0.264. The van der Waals surface area contributed by atoms with Crippen LogP contribution in [-0.2, 0) is 0 Å². The Bertz CT molecular complexity index is 2600. The highest BCUT2D eigenvalue weighted by Crippen LogP contribution is 2.39. The first-order chi connectivity index (χ1) is 27.1. The first kappa shape index (κ1) is 37.1. The van der Waals surface area contributed by atoms with Crippen LogP contribution in [0.25, 0.3) is 45.0 Å². The molecule has 0 amide bonds. The Labute approximate surface area is 345 Å². The second-order valence-corrected chi connectivity index (χ2v) is 16.7. The molecule has 0 atom stereocenters. The van der Waals surface area contributed by atoms with Crippen molar-refractivity contribution in [3.63, 3.8) is 0 Å². The predicted molar refractivity (Wildman–Crippen MR) is 225 cm³/mol. The molecule has 0 unspecified atom stereocenters. The van der Waals surface area contributed by atoms with Crippen molar-refractivity contribution in [1.29, 1.82) is 0 Å². The van der Waals surface area contributed by atoms with E-state index in [2.05, 4.69) is 119 Å². The minimum atomic E-state index is -4.23. The highest BCUT2D eigenvalue weighted by atomic mass is 79.9. The molecular weight excluding hydrogens is 915 g/mol. The zero-order chi connectivity index (χ0) is 38.6. The third-order valence-electron chi connectivity index (χ3n) is 10.3. The van der Waals surface area contributed by atoms with E-state index in [4.69, 9.17) is 0 Å². The Kier molecular flexibility index (Phi) is 10.0. The number of hydrogen-bond donors (Lipinski definition) is 1. The van der Waals surface area contributed by atoms with Crippen LogP contribution in [0, 0.1) is 11.8 Å². The summed E-state index contributed by atoms with van der Waals surface area (Å²) >= 11 is 10.3. The number of nitrogens with zero attached hydrogens (tertiary/aromatic N) is 8. The average Bonchev–Trinajstić information content (AvgIpc) is 3.97. The van der Waals surface area contributed by atoms with E-state index in [1.165, 1.54) is 53.8 Å². The lowest BCUT2D eigenvalue weighted by molar-refractivity contribution is -0.131. The summed E-state index contributed by atoms with van der Waals surface area (Å²) in [6.07, 6.45) is 13.2. The quantitative estimate of drug-likeness (QED) is 0.156. The van der Waals surface area contributed by atoms with Gasteiger partial charge < -0.3 is 5.32 Å². The molecule has 4 aliphatic rings. The standard InChI is InChI=1S/C22H19BrF3N5.C19H14Br2N4/c23-19-12-31-18(11-29-21(31)20(30-19)27-8-7-22(24,25)26)15-5-1-13(2-6-15)16-9-17(28-10-16)14-3-4-14;20-17-10-25-16(9-23-19(25)18(21)24-17)13-5-1-11(2-6-13)14-7-15(22-8-14)12-3-4-12/h1-2,5-6,10-12,14H,3-4,7-9H2,(H,27,30);1-2,5-6,8-10,12H,3-4,7H2. The molecule has 10 rings (SSSR count). The highest BCUT2D eigenvalue weighted by molar-refractivity contribution is 9.11. The molecule has 2 aliphatic carbocycles. The number of aromatic nitrogens is 6. The zero-order valence-corrected chi connectivity index (χ0v) is 34.5. The monoisotopic (exact) mass is 945 g/mol. The Morgan fingerprint density at radius 3 is 1.61 bits per heavy atom. The van der Waals surface area contributed by atoms with E-state index in [-0.39, 0.29) is 6.54 Å². The number of fused-ring (bicyclic) bond motifs is 2. The van der Waals surface area contributed by atoms with Crippen LogP contribution in [0.3, 0.4) is 0 Å². The van der Waals surface area contributed by atoms with Crippen LogP contribution in [0.5, 0.6) is 0 Å². The van der Waals surface area contributed by atoms with E-state index >= 15 is 0 Å². The van der Waals surface area contributed by atoms with Crippen molar-refractivity contribution < 1.29 is 13.2 Å². The summed E-state index contributed by atoms with van der Waals surface area (Å²) < 4.78 is 43.3. The highest BCUT2D eigenvalue weighted by Gasteiger charge is 2.31. The number of allylic oxidation sites excluding steroid dienone is 2. The second-order valence-electron chi connectivity index (χ2n) is 14.3. The van der Waals surface area contributed by atoms with Gasteiger partial charge in [0.15, 0.2) is 21.7 Å². The van der Waals surface area contributed by atoms with Gasteiger partial charge in [-0.3, -0.25) is 18.8 Å². The maximum Gasteiger partial charge on any atom is 0.390 e. The number of rotatable bonds is 9. The molecule has 2 fully saturated rings. The third-order valence-corrected chi connectivity index (χ3v) is 11.6. The molecule has 56 heavy (non-hydrogen) atoms. The molecular formula is C41H33Br3F3N9. The van der Waals surface area contributed by atoms with Gasteiger partial charge in [-0.1, -0.05) is 48.5 Å². The fraction of sp³-hybridized carbons (Fsp3) is 0.268. The van der Waals surface area contributed by atoms with E-state index in [1.54, 1.807) is 12.4 Å². The van der Waals surface area contributed by atoms with Gasteiger partial charge in [-0.15, -0.1) is 0 Å². The number of benzene rings is 2. The first-order valence-corrected chi connectivity index (χ1v) is 20.7. The lowest BCUT2D eigenvalue weighted by Crippen LogP contribution is -2.15. The van der Waals surface area contributed by atoms with Crippen molar-refractivity contribution in [3.05, 3.63) is 111 Å². The SMILES string of the molecule is Brc1cn2c(-c3ccc(C4=CN=C(C5CC5)C4)cc3)cnc2c(Br)n1.FC(F)(F)CCNc1nc(Br)cn2c(-c3ccc(C4=CN=C(C5CC5)C4)cc3)cnc12. The first-order valence-electron chi connectivity index (χ1n) is 18.3. The number of alkyl halides is 3. The maximum atomic E-state index is 12.5. The molecule has 9 nitrogen and oxygen atoms in total. The molecule has 15 heteroatoms. The second kappa shape index (κ2) is 15.1. The fourth-order valence-corrected chi connectivity index (χ4v) is 8.53. The summed E-state index contributed by atoms with van der Waals surface area (Å²) in [7, 11) is 0. The summed E-state index contributed by atoms with van der Waals surface area (Å²) in [5.74, 6) is 1.73. The largest absolute Gasteiger partial charge is 0.390 e. The Balaban J connectivity index is 0.000000149. The number of nitrogens with one attached hydrogen (secondary N) is 1. The molecule has 2 aliphatic heterocycles. The van der Waals surface area contributed by atoms with Gasteiger partial charge in [-0.25, -0.2) is 19.9 Å². The Hall–Kier alpha value is -4.47. The van der Waals surface area contributed by atoms with Crippen LogP contribution in [0.4, 0.5) is 19.0 Å². The smallest absolute Gasteiger partial charge is 0.367 e. The number of imidazole rings is 2. The van der Waals surface area contributed by atoms with Crippen molar-refractivity contribution in [2.45, 2.75) is 51.1 Å². The van der Waals surface area contributed by atoms with Crippen LogP contribution >= 0.6 is 47.8 Å². The van der Waals surface area contributed by atoms with Crippen molar-refractivity contribution in [1.82, 2.24) is 28.7 Å². The van der Waals surface area contributed by atoms with Crippen molar-refractivity contribution in [3.8, 4) is 22.5 Å². The summed E-state index contributed by atoms with van der Waals surface area (Å²) in [5, 5.41) is 2.75. The average molecular weight is 948 g/mol. The molecule has 1 N–H and O–H groups in total. The van der Waals surface area contributed by atoms with E-state index in [0.717, 1.165) is 61.7 Å². The van der Waals surface area contributed by atoms with Gasteiger partial charge >= 0.3 is 6.18 Å². The van der Waals surface area contributed by atoms with Gasteiger partial charge in [0.05, 0.1) is 30.2 Å². The molecule has 0 bridgehead atoms. The van der Waals surface area contributed by atoms with Crippen LogP contribution in [0.1, 0.15) is 56.1 Å². The zero-order valence-electron chi connectivity index (χ0n) is 29.7. The molecule has 284 valence electrons. The van der Waals surface area contributed by atoms with Gasteiger partial charge in [-0.2, -0.15) is 13.2 Å². The summed E-state index contributed by atoms with van der Waals surface area (Å²) in [6.45, 7) is -0.264. The normalized spacial score (nSPS) is 16.8. The molecule has 2 saturated carbocycles. The maximum absolute atomic E-state index is 12.5. The number of anilines is 1. The molecule has 0 spiro atoms. The van der Waals surface area contributed by atoms with Gasteiger partial charge in [0, 0.05) is 66.7 Å². The van der Waals surface area contributed by atoms with Crippen LogP contribution in [-0.4, -0.2) is 52.9 Å². The molecule has 6 heterocycles. The topological polar surface area (TPSA) is 97.1 Å². The number of aliphatic imine (C=N–C) groups is 2. The number of hydrogen-bond acceptors (Lipinski definition) is 7. The summed E-state index contributed by atoms with van der Waals surface area (Å²) in [5.41, 5.74) is 12.9. The molecule has 0 radical (unpaired) electrons. The van der Waals surface area contributed by atoms with Gasteiger partial charge in [0.1, 0.15) is 9.21 Å². The number of halogens is 6. The summed E-state index contributed by atoms with van der Waals surface area (Å²) in [4.78, 5) is 26.6. The third kappa shape index (κ3) is 8.03. The van der Waals surface area contributed by atoms with Crippen molar-refractivity contribution in [2.75, 3.05) is 11.9 Å². The predicted octanol–water partition coefficient (Wildman–Crippen LogP) is 11.6. The lowest BCUT2D eigenvalue weighted by Gasteiger charge is -2.10. The molecule has 0 saturated heterocycles. The Morgan fingerprint density at radius 2 is 1.11 bits per heavy atom. The van der Waals surface area contributed by atoms with Crippen LogP contribution in [0.2, 0.25) is 0 Å². The van der Waals surface area contributed by atoms with Gasteiger partial charge in [0.2, 0.25) is 0 Å².